The van der Waals surface area contributed by atoms with Crippen molar-refractivity contribution in [2.24, 2.45) is 5.73 Å². The van der Waals surface area contributed by atoms with Gasteiger partial charge < -0.3 is 15.8 Å². The molecule has 7 nitrogen and oxygen atoms in total. The molecule has 3 rings (SSSR count). The number of primary amides is 1. The van der Waals surface area contributed by atoms with Gasteiger partial charge >= 0.3 is 0 Å². The van der Waals surface area contributed by atoms with Gasteiger partial charge in [-0.2, -0.15) is 5.10 Å². The zero-order valence-corrected chi connectivity index (χ0v) is 14.7. The first-order valence-electron chi connectivity index (χ1n) is 7.72. The second-order valence-electron chi connectivity index (χ2n) is 5.66. The number of amides is 1. The fraction of sp³-hybridized carbons (Fsp3) is 0.312. The van der Waals surface area contributed by atoms with Crippen molar-refractivity contribution in [3.63, 3.8) is 0 Å². The van der Waals surface area contributed by atoms with E-state index in [1.54, 1.807) is 6.07 Å². The Labute approximate surface area is 150 Å². The van der Waals surface area contributed by atoms with Gasteiger partial charge in [-0.25, -0.2) is 9.49 Å². The predicted molar refractivity (Wildman–Crippen MR) is 93.0 cm³/mol. The highest BCUT2D eigenvalue weighted by atomic mass is 79.9. The quantitative estimate of drug-likeness (QED) is 0.708. The number of halogens is 2. The highest BCUT2D eigenvalue weighted by Crippen LogP contribution is 2.33. The maximum absolute atomic E-state index is 14.4. The number of rotatable bonds is 4. The average Bonchev–Trinajstić information content (AvgIpc) is 2.57. The number of nitrogens with two attached hydrogens (primary N) is 1. The third-order valence-electron chi connectivity index (χ3n) is 3.94. The third kappa shape index (κ3) is 3.72. The fourth-order valence-electron chi connectivity index (χ4n) is 2.73. The molecule has 0 unspecified atom stereocenters. The molecule has 1 fully saturated rings. The number of benzene rings is 1. The predicted octanol–water partition coefficient (Wildman–Crippen LogP) is 1.57. The molecule has 0 aliphatic carbocycles. The Balaban J connectivity index is 2.16. The van der Waals surface area contributed by atoms with E-state index < -0.39 is 17.3 Å². The minimum absolute atomic E-state index is 0.0123. The number of nitrogens with one attached hydrogen (secondary N) is 2. The van der Waals surface area contributed by atoms with E-state index in [4.69, 9.17) is 10.5 Å². The molecular weight excluding hydrogens is 395 g/mol. The molecule has 2 heterocycles. The number of aromatic nitrogens is 2. The largest absolute Gasteiger partial charge is 0.487 e. The van der Waals surface area contributed by atoms with Crippen molar-refractivity contribution in [3.05, 3.63) is 44.5 Å². The van der Waals surface area contributed by atoms with Crippen LogP contribution in [0.25, 0.3) is 11.1 Å². The lowest BCUT2D eigenvalue weighted by Gasteiger charge is -2.25. The summed E-state index contributed by atoms with van der Waals surface area (Å²) in [5, 5.41) is 9.07. The Morgan fingerprint density at radius 1 is 1.36 bits per heavy atom. The number of piperidine rings is 1. The topological polar surface area (TPSA) is 110 Å². The first-order chi connectivity index (χ1) is 12.0. The van der Waals surface area contributed by atoms with Gasteiger partial charge in [0.1, 0.15) is 11.9 Å². The maximum Gasteiger partial charge on any atom is 0.275 e. The molecule has 0 bridgehead atoms. The normalized spacial score (nSPS) is 15.1. The summed E-state index contributed by atoms with van der Waals surface area (Å²) >= 11 is 3.17. The van der Waals surface area contributed by atoms with Crippen LogP contribution >= 0.6 is 15.9 Å². The number of H-pyrrole nitrogens is 1. The number of aromatic amines is 1. The zero-order valence-electron chi connectivity index (χ0n) is 13.1. The second-order valence-corrected chi connectivity index (χ2v) is 6.58. The molecule has 1 aromatic heterocycles. The standard InChI is InChI=1S/C16H16BrFN4O3/c17-8-1-2-10(11(18)7-8)12-14(25-9-3-5-20-6-4-9)13(15(19)23)21-22-16(12)24/h1-2,7,9,20H,3-6H2,(H2,19,23)(H,22,24). The number of nitrogens with zero attached hydrogens (tertiary/aromatic N) is 1. The number of ether oxygens (including phenoxy) is 1. The highest BCUT2D eigenvalue weighted by Gasteiger charge is 2.26. The van der Waals surface area contributed by atoms with E-state index in [-0.39, 0.29) is 28.7 Å². The van der Waals surface area contributed by atoms with Gasteiger partial charge in [0.2, 0.25) is 0 Å². The van der Waals surface area contributed by atoms with Crippen molar-refractivity contribution in [2.45, 2.75) is 18.9 Å². The van der Waals surface area contributed by atoms with E-state index in [2.05, 4.69) is 31.4 Å². The first kappa shape index (κ1) is 17.6. The molecule has 0 spiro atoms. The van der Waals surface area contributed by atoms with Crippen LogP contribution in [0.3, 0.4) is 0 Å². The molecule has 1 saturated heterocycles. The van der Waals surface area contributed by atoms with Crippen LogP contribution in [0.15, 0.2) is 27.5 Å². The summed E-state index contributed by atoms with van der Waals surface area (Å²) in [5.74, 6) is -1.57. The lowest BCUT2D eigenvalue weighted by molar-refractivity contribution is 0.0982. The van der Waals surface area contributed by atoms with Crippen LogP contribution in [-0.4, -0.2) is 35.3 Å². The van der Waals surface area contributed by atoms with Crippen molar-refractivity contribution >= 4 is 21.8 Å². The Morgan fingerprint density at radius 3 is 2.72 bits per heavy atom. The van der Waals surface area contributed by atoms with Gasteiger partial charge in [-0.1, -0.05) is 15.9 Å². The minimum atomic E-state index is -0.862. The molecule has 1 amide bonds. The zero-order chi connectivity index (χ0) is 18.0. The van der Waals surface area contributed by atoms with E-state index in [0.29, 0.717) is 17.3 Å². The van der Waals surface area contributed by atoms with Crippen LogP contribution in [0.4, 0.5) is 4.39 Å². The van der Waals surface area contributed by atoms with Crippen molar-refractivity contribution in [1.82, 2.24) is 15.5 Å². The first-order valence-corrected chi connectivity index (χ1v) is 8.52. The van der Waals surface area contributed by atoms with E-state index >= 15 is 0 Å². The molecule has 0 atom stereocenters. The van der Waals surface area contributed by atoms with Gasteiger partial charge in [0.25, 0.3) is 11.5 Å². The smallest absolute Gasteiger partial charge is 0.275 e. The summed E-state index contributed by atoms with van der Waals surface area (Å²) in [4.78, 5) is 24.1. The summed E-state index contributed by atoms with van der Waals surface area (Å²) in [6.45, 7) is 1.49. The molecule has 1 aliphatic heterocycles. The van der Waals surface area contributed by atoms with Crippen molar-refractivity contribution < 1.29 is 13.9 Å². The van der Waals surface area contributed by atoms with Crippen LogP contribution in [0.2, 0.25) is 0 Å². The van der Waals surface area contributed by atoms with Gasteiger partial charge in [0.05, 0.1) is 5.56 Å². The van der Waals surface area contributed by atoms with E-state index in [9.17, 15) is 14.0 Å². The number of carbonyl (C=O) groups is 1. The van der Waals surface area contributed by atoms with Crippen molar-refractivity contribution in [2.75, 3.05) is 13.1 Å². The van der Waals surface area contributed by atoms with Crippen LogP contribution in [0.5, 0.6) is 5.75 Å². The van der Waals surface area contributed by atoms with Crippen molar-refractivity contribution in [3.8, 4) is 16.9 Å². The highest BCUT2D eigenvalue weighted by molar-refractivity contribution is 9.10. The number of hydrogen-bond acceptors (Lipinski definition) is 5. The van der Waals surface area contributed by atoms with E-state index in [1.807, 2.05) is 0 Å². The summed E-state index contributed by atoms with van der Waals surface area (Å²) in [6.07, 6.45) is 1.15. The molecule has 132 valence electrons. The summed E-state index contributed by atoms with van der Waals surface area (Å²) in [6, 6.07) is 4.26. The Bertz CT molecular complexity index is 865. The average molecular weight is 411 g/mol. The summed E-state index contributed by atoms with van der Waals surface area (Å²) < 4.78 is 20.8. The molecule has 0 saturated carbocycles. The minimum Gasteiger partial charge on any atom is -0.487 e. The van der Waals surface area contributed by atoms with Gasteiger partial charge in [-0.05, 0) is 44.1 Å². The summed E-state index contributed by atoms with van der Waals surface area (Å²) in [5.41, 5.74) is 4.40. The molecule has 2 aromatic rings. The number of hydrogen-bond donors (Lipinski definition) is 3. The van der Waals surface area contributed by atoms with Crippen LogP contribution in [-0.2, 0) is 0 Å². The van der Waals surface area contributed by atoms with Gasteiger partial charge in [-0.15, -0.1) is 0 Å². The Kier molecular flexibility index (Phi) is 5.14. The van der Waals surface area contributed by atoms with E-state index in [1.165, 1.54) is 12.1 Å². The fourth-order valence-corrected chi connectivity index (χ4v) is 3.07. The molecule has 1 aliphatic rings. The van der Waals surface area contributed by atoms with Gasteiger partial charge in [0, 0.05) is 10.0 Å². The molecule has 1 aromatic carbocycles. The molecule has 0 radical (unpaired) electrons. The Morgan fingerprint density at radius 2 is 2.08 bits per heavy atom. The summed E-state index contributed by atoms with van der Waals surface area (Å²) in [7, 11) is 0. The van der Waals surface area contributed by atoms with Gasteiger partial charge in [-0.3, -0.25) is 9.59 Å². The van der Waals surface area contributed by atoms with E-state index in [0.717, 1.165) is 13.1 Å². The van der Waals surface area contributed by atoms with Crippen molar-refractivity contribution in [1.29, 1.82) is 0 Å². The Hall–Kier alpha value is -2.26. The maximum atomic E-state index is 14.4. The van der Waals surface area contributed by atoms with Crippen LogP contribution in [0.1, 0.15) is 23.3 Å². The molecule has 25 heavy (non-hydrogen) atoms. The van der Waals surface area contributed by atoms with Gasteiger partial charge in [0.15, 0.2) is 11.4 Å². The molecule has 9 heteroatoms. The monoisotopic (exact) mass is 410 g/mol. The van der Waals surface area contributed by atoms with Crippen LogP contribution in [0, 0.1) is 5.82 Å². The molecule has 4 N–H and O–H groups in total. The number of carbonyl (C=O) groups excluding carboxylic acids is 1. The molecular formula is C16H16BrFN4O3. The lowest BCUT2D eigenvalue weighted by atomic mass is 10.0. The SMILES string of the molecule is NC(=O)c1n[nH]c(=O)c(-c2ccc(Br)cc2F)c1OC1CCNCC1. The van der Waals surface area contributed by atoms with Crippen LogP contribution < -0.4 is 21.3 Å². The third-order valence-corrected chi connectivity index (χ3v) is 4.44. The second kappa shape index (κ2) is 7.32. The lowest BCUT2D eigenvalue weighted by Crippen LogP contribution is -2.35.